The zero-order valence-corrected chi connectivity index (χ0v) is 18.9. The molecule has 0 aliphatic carbocycles. The van der Waals surface area contributed by atoms with Crippen LogP contribution in [0.15, 0.2) is 78.4 Å². The van der Waals surface area contributed by atoms with Crippen molar-refractivity contribution in [2.45, 2.75) is 6.04 Å². The quantitative estimate of drug-likeness (QED) is 0.236. The van der Waals surface area contributed by atoms with Crippen LogP contribution >= 0.6 is 22.9 Å². The molecule has 33 heavy (non-hydrogen) atoms. The van der Waals surface area contributed by atoms with E-state index >= 15 is 0 Å². The van der Waals surface area contributed by atoms with E-state index in [2.05, 4.69) is 4.98 Å². The number of methoxy groups -OCH3 is 1. The Morgan fingerprint density at radius 3 is 2.48 bits per heavy atom. The summed E-state index contributed by atoms with van der Waals surface area (Å²) < 4.78 is 6.04. The maximum atomic E-state index is 13.2. The SMILES string of the molecule is COc1ccc(C2/C(=C(\O)c3ccccc3)C(=O)C(=O)N2c2nc3ccc(Cl)cc3s2)cc1. The van der Waals surface area contributed by atoms with E-state index < -0.39 is 17.7 Å². The summed E-state index contributed by atoms with van der Waals surface area (Å²) in [5.41, 5.74) is 1.77. The molecule has 0 radical (unpaired) electrons. The largest absolute Gasteiger partial charge is 0.507 e. The van der Waals surface area contributed by atoms with E-state index in [1.165, 1.54) is 16.2 Å². The van der Waals surface area contributed by atoms with E-state index in [1.807, 2.05) is 6.07 Å². The van der Waals surface area contributed by atoms with Gasteiger partial charge in [-0.2, -0.15) is 0 Å². The van der Waals surface area contributed by atoms with Crippen LogP contribution in [0.1, 0.15) is 17.2 Å². The molecule has 8 heteroatoms. The fourth-order valence-corrected chi connectivity index (χ4v) is 5.14. The van der Waals surface area contributed by atoms with Gasteiger partial charge in [0, 0.05) is 10.6 Å². The number of nitrogens with zero attached hydrogens (tertiary/aromatic N) is 2. The lowest BCUT2D eigenvalue weighted by Crippen LogP contribution is -2.29. The van der Waals surface area contributed by atoms with Crippen molar-refractivity contribution in [1.29, 1.82) is 0 Å². The highest BCUT2D eigenvalue weighted by Gasteiger charge is 2.48. The van der Waals surface area contributed by atoms with E-state index in [1.54, 1.807) is 73.8 Å². The fraction of sp³-hybridized carbons (Fsp3) is 0.0800. The van der Waals surface area contributed by atoms with Gasteiger partial charge in [-0.05, 0) is 35.9 Å². The molecule has 3 aromatic carbocycles. The Hall–Kier alpha value is -3.68. The van der Waals surface area contributed by atoms with Crippen LogP contribution in [0.4, 0.5) is 5.13 Å². The molecule has 1 aliphatic rings. The summed E-state index contributed by atoms with van der Waals surface area (Å²) >= 11 is 7.38. The van der Waals surface area contributed by atoms with Crippen molar-refractivity contribution in [1.82, 2.24) is 4.98 Å². The van der Waals surface area contributed by atoms with Gasteiger partial charge < -0.3 is 9.84 Å². The Balaban J connectivity index is 1.72. The molecule has 164 valence electrons. The van der Waals surface area contributed by atoms with E-state index in [-0.39, 0.29) is 11.3 Å². The number of hydrogen-bond acceptors (Lipinski definition) is 6. The predicted octanol–water partition coefficient (Wildman–Crippen LogP) is 5.58. The number of anilines is 1. The lowest BCUT2D eigenvalue weighted by atomic mass is 9.95. The van der Waals surface area contributed by atoms with Crippen LogP contribution in [0.2, 0.25) is 5.02 Å². The Morgan fingerprint density at radius 1 is 1.06 bits per heavy atom. The van der Waals surface area contributed by atoms with Gasteiger partial charge in [0.05, 0.1) is 28.9 Å². The lowest BCUT2D eigenvalue weighted by molar-refractivity contribution is -0.132. The molecule has 0 saturated carbocycles. The number of benzene rings is 3. The third kappa shape index (κ3) is 3.65. The maximum Gasteiger partial charge on any atom is 0.301 e. The molecule has 2 heterocycles. The first-order valence-electron chi connectivity index (χ1n) is 10.0. The zero-order chi connectivity index (χ0) is 23.1. The Bertz CT molecular complexity index is 1410. The lowest BCUT2D eigenvalue weighted by Gasteiger charge is -2.23. The molecule has 1 aliphatic heterocycles. The zero-order valence-electron chi connectivity index (χ0n) is 17.4. The number of aliphatic hydroxyl groups excluding tert-OH is 1. The van der Waals surface area contributed by atoms with Gasteiger partial charge in [0.15, 0.2) is 5.13 Å². The molecule has 0 spiro atoms. The smallest absolute Gasteiger partial charge is 0.301 e. The van der Waals surface area contributed by atoms with Gasteiger partial charge in [-0.1, -0.05) is 65.4 Å². The number of Topliss-reactive ketones (excluding diaryl/α,β-unsaturated/α-hetero) is 1. The van der Waals surface area contributed by atoms with Gasteiger partial charge in [0.25, 0.3) is 5.78 Å². The van der Waals surface area contributed by atoms with Crippen molar-refractivity contribution in [3.63, 3.8) is 0 Å². The summed E-state index contributed by atoms with van der Waals surface area (Å²) in [7, 11) is 1.56. The highest BCUT2D eigenvalue weighted by molar-refractivity contribution is 7.22. The highest BCUT2D eigenvalue weighted by Crippen LogP contribution is 2.44. The minimum Gasteiger partial charge on any atom is -0.507 e. The second-order valence-corrected chi connectivity index (χ2v) is 8.86. The van der Waals surface area contributed by atoms with E-state index in [4.69, 9.17) is 16.3 Å². The van der Waals surface area contributed by atoms with Gasteiger partial charge in [-0.15, -0.1) is 0 Å². The van der Waals surface area contributed by atoms with Gasteiger partial charge in [-0.3, -0.25) is 14.5 Å². The number of ketones is 1. The molecule has 1 aromatic heterocycles. The second-order valence-electron chi connectivity index (χ2n) is 7.42. The number of thiazole rings is 1. The number of rotatable bonds is 4. The van der Waals surface area contributed by atoms with Gasteiger partial charge >= 0.3 is 5.91 Å². The molecule has 1 atom stereocenters. The predicted molar refractivity (Wildman–Crippen MR) is 129 cm³/mol. The summed E-state index contributed by atoms with van der Waals surface area (Å²) in [6.45, 7) is 0. The Morgan fingerprint density at radius 2 is 1.79 bits per heavy atom. The topological polar surface area (TPSA) is 79.7 Å². The fourth-order valence-electron chi connectivity index (χ4n) is 3.87. The number of carbonyl (C=O) groups is 2. The molecule has 1 unspecified atom stereocenters. The number of amides is 1. The standard InChI is InChI=1S/C25H17ClN2O4S/c1-32-17-10-7-14(8-11-17)21-20(22(29)15-5-3-2-4-6-15)23(30)24(31)28(21)25-27-18-12-9-16(26)13-19(18)33-25/h2-13,21,29H,1H3/b22-20+. The minimum absolute atomic E-state index is 0.00801. The van der Waals surface area contributed by atoms with Crippen LogP contribution < -0.4 is 9.64 Å². The summed E-state index contributed by atoms with van der Waals surface area (Å²) in [6, 6.07) is 20.1. The Kier molecular flexibility index (Phi) is 5.36. The third-order valence-electron chi connectivity index (χ3n) is 5.47. The molecular weight excluding hydrogens is 460 g/mol. The molecule has 1 N–H and O–H groups in total. The molecule has 1 saturated heterocycles. The monoisotopic (exact) mass is 476 g/mol. The van der Waals surface area contributed by atoms with E-state index in [0.29, 0.717) is 32.5 Å². The van der Waals surface area contributed by atoms with Crippen molar-refractivity contribution in [3.05, 3.63) is 94.5 Å². The van der Waals surface area contributed by atoms with Gasteiger partial charge in [0.1, 0.15) is 11.5 Å². The molecule has 6 nitrogen and oxygen atoms in total. The van der Waals surface area contributed by atoms with E-state index in [0.717, 1.165) is 4.70 Å². The van der Waals surface area contributed by atoms with Crippen molar-refractivity contribution in [3.8, 4) is 5.75 Å². The summed E-state index contributed by atoms with van der Waals surface area (Å²) in [5.74, 6) is -1.12. The Labute approximate surface area is 198 Å². The average Bonchev–Trinajstić information content (AvgIpc) is 3.37. The number of ether oxygens (including phenoxy) is 1. The molecule has 4 aromatic rings. The highest BCUT2D eigenvalue weighted by atomic mass is 35.5. The van der Waals surface area contributed by atoms with Crippen molar-refractivity contribution in [2.24, 2.45) is 0 Å². The molecular formula is C25H17ClN2O4S. The number of hydrogen-bond donors (Lipinski definition) is 1. The van der Waals surface area contributed by atoms with Gasteiger partial charge in [0.2, 0.25) is 0 Å². The first-order valence-corrected chi connectivity index (χ1v) is 11.2. The third-order valence-corrected chi connectivity index (χ3v) is 6.72. The molecule has 5 rings (SSSR count). The van der Waals surface area contributed by atoms with Crippen LogP contribution in [-0.2, 0) is 9.59 Å². The minimum atomic E-state index is -0.854. The molecule has 1 amide bonds. The number of carbonyl (C=O) groups excluding carboxylic acids is 2. The van der Waals surface area contributed by atoms with Crippen LogP contribution in [0.3, 0.4) is 0 Å². The number of aliphatic hydroxyl groups is 1. The summed E-state index contributed by atoms with van der Waals surface area (Å²) in [6.07, 6.45) is 0. The first-order chi connectivity index (χ1) is 16.0. The van der Waals surface area contributed by atoms with Gasteiger partial charge in [-0.25, -0.2) is 4.98 Å². The number of fused-ring (bicyclic) bond motifs is 1. The van der Waals surface area contributed by atoms with Crippen LogP contribution in [0, 0.1) is 0 Å². The van der Waals surface area contributed by atoms with Crippen LogP contribution in [-0.4, -0.2) is 28.9 Å². The summed E-state index contributed by atoms with van der Waals surface area (Å²) in [5, 5.41) is 12.0. The second kappa shape index (κ2) is 8.35. The number of aromatic nitrogens is 1. The van der Waals surface area contributed by atoms with E-state index in [9.17, 15) is 14.7 Å². The van der Waals surface area contributed by atoms with Crippen molar-refractivity contribution < 1.29 is 19.4 Å². The molecule has 1 fully saturated rings. The molecule has 0 bridgehead atoms. The maximum absolute atomic E-state index is 13.2. The normalized spacial score (nSPS) is 17.6. The van der Waals surface area contributed by atoms with Crippen LogP contribution in [0.25, 0.3) is 16.0 Å². The first kappa shape index (κ1) is 21.2. The average molecular weight is 477 g/mol. The summed E-state index contributed by atoms with van der Waals surface area (Å²) in [4.78, 5) is 32.4. The number of halogens is 1. The van der Waals surface area contributed by atoms with Crippen LogP contribution in [0.5, 0.6) is 5.75 Å². The van der Waals surface area contributed by atoms with Crippen molar-refractivity contribution in [2.75, 3.05) is 12.0 Å². The van der Waals surface area contributed by atoms with Crippen molar-refractivity contribution >= 4 is 55.7 Å².